The Kier molecular flexibility index (Phi) is 5.94. The third kappa shape index (κ3) is 4.59. The summed E-state index contributed by atoms with van der Waals surface area (Å²) in [6, 6.07) is 23.2. The highest BCUT2D eigenvalue weighted by Crippen LogP contribution is 2.45. The van der Waals surface area contributed by atoms with Crippen molar-refractivity contribution in [2.45, 2.75) is 43.4 Å². The van der Waals surface area contributed by atoms with Crippen LogP contribution in [0.1, 0.15) is 41.9 Å². The number of rotatable bonds is 5. The van der Waals surface area contributed by atoms with Crippen LogP contribution in [0.3, 0.4) is 0 Å². The van der Waals surface area contributed by atoms with Crippen LogP contribution in [-0.2, 0) is 4.74 Å². The van der Waals surface area contributed by atoms with E-state index < -0.39 is 12.8 Å². The molecule has 2 bridgehead atoms. The molecule has 2 heterocycles. The molecule has 1 saturated heterocycles. The van der Waals surface area contributed by atoms with Crippen molar-refractivity contribution in [3.8, 4) is 16.9 Å². The Morgan fingerprint density at radius 2 is 1.54 bits per heavy atom. The summed E-state index contributed by atoms with van der Waals surface area (Å²) in [6.45, 7) is -1.02. The van der Waals surface area contributed by atoms with E-state index in [1.807, 2.05) is 29.2 Å². The Morgan fingerprint density at radius 3 is 2.16 bits per heavy atom. The molecule has 0 N–H and O–H groups in total. The Labute approximate surface area is 213 Å². The monoisotopic (exact) mass is 505 g/mol. The Bertz CT molecular complexity index is 1300. The second kappa shape index (κ2) is 9.29. The highest BCUT2D eigenvalue weighted by molar-refractivity contribution is 5.79. The van der Waals surface area contributed by atoms with Crippen molar-refractivity contribution in [2.24, 2.45) is 0 Å². The quantitative estimate of drug-likeness (QED) is 0.368. The van der Waals surface area contributed by atoms with Gasteiger partial charge in [-0.05, 0) is 64.8 Å². The summed E-state index contributed by atoms with van der Waals surface area (Å²) in [5, 5.41) is 0. The smallest absolute Gasteiger partial charge is 0.422 e. The summed E-state index contributed by atoms with van der Waals surface area (Å²) in [7, 11) is 0. The molecule has 1 aliphatic carbocycles. The topological polar surface area (TPSA) is 38.8 Å². The minimum atomic E-state index is -4.37. The highest BCUT2D eigenvalue weighted by Gasteiger charge is 2.41. The first kappa shape index (κ1) is 23.6. The van der Waals surface area contributed by atoms with E-state index in [0.29, 0.717) is 13.0 Å². The van der Waals surface area contributed by atoms with Crippen molar-refractivity contribution in [3.63, 3.8) is 0 Å². The van der Waals surface area contributed by atoms with Gasteiger partial charge in [-0.2, -0.15) is 13.2 Å². The van der Waals surface area contributed by atoms with E-state index in [1.165, 1.54) is 22.3 Å². The first-order valence-corrected chi connectivity index (χ1v) is 12.5. The summed E-state index contributed by atoms with van der Waals surface area (Å²) in [4.78, 5) is 15.1. The second-order valence-electron chi connectivity index (χ2n) is 9.83. The Balaban J connectivity index is 1.13. The van der Waals surface area contributed by atoms with Crippen molar-refractivity contribution in [1.82, 2.24) is 4.90 Å². The lowest BCUT2D eigenvalue weighted by atomic mass is 9.95. The summed E-state index contributed by atoms with van der Waals surface area (Å²) in [5.74, 6) is 0.198. The van der Waals surface area contributed by atoms with E-state index in [2.05, 4.69) is 30.3 Å². The highest BCUT2D eigenvalue weighted by atomic mass is 19.4. The van der Waals surface area contributed by atoms with E-state index in [-0.39, 0.29) is 29.8 Å². The van der Waals surface area contributed by atoms with Crippen LogP contribution < -0.4 is 4.74 Å². The lowest BCUT2D eigenvalue weighted by molar-refractivity contribution is -0.153. The molecule has 2 unspecified atom stereocenters. The van der Waals surface area contributed by atoms with Crippen LogP contribution in [0.4, 0.5) is 18.0 Å². The third-order valence-corrected chi connectivity index (χ3v) is 7.57. The normalized spacial score (nSPS) is 20.3. The van der Waals surface area contributed by atoms with Gasteiger partial charge in [0.2, 0.25) is 0 Å². The molecule has 2 aliphatic heterocycles. The third-order valence-electron chi connectivity index (χ3n) is 7.57. The molecule has 2 atom stereocenters. The summed E-state index contributed by atoms with van der Waals surface area (Å²) in [5.41, 5.74) is 6.78. The van der Waals surface area contributed by atoms with Crippen molar-refractivity contribution < 1.29 is 27.4 Å². The van der Waals surface area contributed by atoms with Crippen LogP contribution in [-0.4, -0.2) is 42.5 Å². The van der Waals surface area contributed by atoms with Gasteiger partial charge in [-0.3, -0.25) is 4.90 Å². The number of nitrogens with zero attached hydrogens (tertiary/aromatic N) is 1. The van der Waals surface area contributed by atoms with Gasteiger partial charge in [-0.1, -0.05) is 66.7 Å². The number of benzene rings is 3. The van der Waals surface area contributed by atoms with Gasteiger partial charge in [-0.25, -0.2) is 4.79 Å². The van der Waals surface area contributed by atoms with Crippen LogP contribution in [0, 0.1) is 0 Å². The Hall–Kier alpha value is -3.74. The average molecular weight is 506 g/mol. The van der Waals surface area contributed by atoms with Gasteiger partial charge in [0.15, 0.2) is 6.61 Å². The van der Waals surface area contributed by atoms with E-state index in [1.54, 1.807) is 24.3 Å². The van der Waals surface area contributed by atoms with Gasteiger partial charge in [0, 0.05) is 12.0 Å². The average Bonchev–Trinajstić information content (AvgIpc) is 3.36. The summed E-state index contributed by atoms with van der Waals surface area (Å²) in [6.07, 6.45) is -0.125. The number of alkyl halides is 3. The number of ether oxygens (including phenoxy) is 2. The molecule has 0 aromatic heterocycles. The zero-order valence-corrected chi connectivity index (χ0v) is 20.1. The second-order valence-corrected chi connectivity index (χ2v) is 9.83. The van der Waals surface area contributed by atoms with Crippen molar-refractivity contribution in [2.75, 3.05) is 13.2 Å². The van der Waals surface area contributed by atoms with Gasteiger partial charge in [0.1, 0.15) is 12.4 Å². The van der Waals surface area contributed by atoms with Crippen LogP contribution in [0.15, 0.2) is 78.9 Å². The molecular weight excluding hydrogens is 479 g/mol. The maximum Gasteiger partial charge on any atom is 0.422 e. The fourth-order valence-electron chi connectivity index (χ4n) is 5.93. The molecular formula is C30H26F3NO3. The van der Waals surface area contributed by atoms with Crippen LogP contribution in [0.5, 0.6) is 5.75 Å². The van der Waals surface area contributed by atoms with E-state index >= 15 is 0 Å². The van der Waals surface area contributed by atoms with Crippen LogP contribution >= 0.6 is 0 Å². The Morgan fingerprint density at radius 1 is 0.892 bits per heavy atom. The summed E-state index contributed by atoms with van der Waals surface area (Å²) >= 11 is 0. The summed E-state index contributed by atoms with van der Waals surface area (Å²) < 4.78 is 47.9. The molecule has 3 aliphatic rings. The van der Waals surface area contributed by atoms with Gasteiger partial charge >= 0.3 is 12.3 Å². The predicted octanol–water partition coefficient (Wildman–Crippen LogP) is 7.20. The number of halogens is 3. The van der Waals surface area contributed by atoms with Crippen LogP contribution in [0.25, 0.3) is 16.7 Å². The molecule has 4 nitrogen and oxygen atoms in total. The minimum Gasteiger partial charge on any atom is -0.484 e. The number of amides is 1. The van der Waals surface area contributed by atoms with Crippen molar-refractivity contribution in [3.05, 3.63) is 95.6 Å². The molecule has 1 amide bonds. The van der Waals surface area contributed by atoms with E-state index in [9.17, 15) is 18.0 Å². The molecule has 0 radical (unpaired) electrons. The zero-order valence-electron chi connectivity index (χ0n) is 20.1. The zero-order chi connectivity index (χ0) is 25.6. The van der Waals surface area contributed by atoms with Gasteiger partial charge in [0.25, 0.3) is 0 Å². The maximum atomic E-state index is 13.2. The molecule has 0 spiro atoms. The van der Waals surface area contributed by atoms with Gasteiger partial charge in [-0.15, -0.1) is 0 Å². The maximum absolute atomic E-state index is 13.2. The van der Waals surface area contributed by atoms with E-state index in [0.717, 1.165) is 24.0 Å². The number of carbonyl (C=O) groups is 1. The lowest BCUT2D eigenvalue weighted by Crippen LogP contribution is -2.43. The van der Waals surface area contributed by atoms with E-state index in [4.69, 9.17) is 9.47 Å². The lowest BCUT2D eigenvalue weighted by Gasteiger charge is -2.33. The van der Waals surface area contributed by atoms with Crippen molar-refractivity contribution >= 4 is 11.7 Å². The molecule has 7 heteroatoms. The predicted molar refractivity (Wildman–Crippen MR) is 134 cm³/mol. The van der Waals surface area contributed by atoms with Gasteiger partial charge < -0.3 is 9.47 Å². The molecule has 190 valence electrons. The molecule has 1 fully saturated rings. The first-order chi connectivity index (χ1) is 17.9. The fraction of sp³-hybridized carbons (Fsp3) is 0.300. The number of hydrogen-bond acceptors (Lipinski definition) is 3. The molecule has 3 aromatic carbocycles. The largest absolute Gasteiger partial charge is 0.484 e. The van der Waals surface area contributed by atoms with Gasteiger partial charge in [0.05, 0.1) is 6.04 Å². The minimum absolute atomic E-state index is 0.0166. The van der Waals surface area contributed by atoms with Crippen LogP contribution in [0.2, 0.25) is 0 Å². The standard InChI is InChI=1S/C30H26F3NO3/c31-30(32,33)18-37-23-13-9-19(10-14-23)20-15-21-11-12-22(16-20)34(21)29(35)36-17-28-26-7-3-1-5-24(26)25-6-2-4-8-27(25)28/h1-10,13-15,21-22,28H,11-12,16-18H2. The molecule has 6 rings (SSSR count). The molecule has 3 aromatic rings. The SMILES string of the molecule is O=C(OCC1c2ccccc2-c2ccccc21)N1C2C=C(c3ccc(OCC(F)(F)F)cc3)CC1CC2. The number of hydrogen-bond donors (Lipinski definition) is 0. The number of carbonyl (C=O) groups excluding carboxylic acids is 1. The first-order valence-electron chi connectivity index (χ1n) is 12.5. The van der Waals surface area contributed by atoms with Crippen molar-refractivity contribution in [1.29, 1.82) is 0 Å². The molecule has 0 saturated carbocycles. The molecule has 37 heavy (non-hydrogen) atoms. The number of fused-ring (bicyclic) bond motifs is 5. The fourth-order valence-corrected chi connectivity index (χ4v) is 5.93.